The molecule has 0 saturated heterocycles. The lowest BCUT2D eigenvalue weighted by Gasteiger charge is -2.31. The topological polar surface area (TPSA) is 26.0 Å². The van der Waals surface area contributed by atoms with Crippen LogP contribution in [0.1, 0.15) is 51.4 Å². The fourth-order valence-corrected chi connectivity index (χ4v) is 2.39. The van der Waals surface area contributed by atoms with Crippen LogP contribution >= 0.6 is 0 Å². The highest BCUT2D eigenvalue weighted by atomic mass is 19.3. The van der Waals surface area contributed by atoms with Gasteiger partial charge in [-0.2, -0.15) is 0 Å². The van der Waals surface area contributed by atoms with E-state index in [-0.39, 0.29) is 12.0 Å². The molecule has 2 N–H and O–H groups in total. The Morgan fingerprint density at radius 3 is 2.43 bits per heavy atom. The van der Waals surface area contributed by atoms with Crippen LogP contribution in [0.15, 0.2) is 0 Å². The predicted octanol–water partition coefficient (Wildman–Crippen LogP) is 3.08. The van der Waals surface area contributed by atoms with Crippen molar-refractivity contribution in [1.82, 2.24) is 0 Å². The second-order valence-electron chi connectivity index (χ2n) is 5.10. The first-order chi connectivity index (χ1) is 6.52. The summed E-state index contributed by atoms with van der Waals surface area (Å²) in [5.74, 6) is -2.80. The van der Waals surface area contributed by atoms with Crippen LogP contribution in [-0.4, -0.2) is 11.5 Å². The molecule has 0 radical (unpaired) electrons. The zero-order valence-electron chi connectivity index (χ0n) is 8.57. The van der Waals surface area contributed by atoms with Gasteiger partial charge in [-0.05, 0) is 38.5 Å². The van der Waals surface area contributed by atoms with Gasteiger partial charge in [0.15, 0.2) is 0 Å². The molecule has 2 rings (SSSR count). The van der Waals surface area contributed by atoms with Crippen molar-refractivity contribution < 1.29 is 8.78 Å². The van der Waals surface area contributed by atoms with Gasteiger partial charge in [-0.25, -0.2) is 8.78 Å². The standard InChI is InChI=1S/C11H19F2N/c12-11(13)5-2-1-3-9(11)4-6-10(14)7-8-10/h9H,1-8,14H2. The number of hydrogen-bond donors (Lipinski definition) is 1. The average molecular weight is 203 g/mol. The molecule has 1 atom stereocenters. The van der Waals surface area contributed by atoms with Gasteiger partial charge in [0.05, 0.1) is 0 Å². The van der Waals surface area contributed by atoms with Gasteiger partial charge in [-0.3, -0.25) is 0 Å². The monoisotopic (exact) mass is 203 g/mol. The molecule has 0 bridgehead atoms. The van der Waals surface area contributed by atoms with Gasteiger partial charge >= 0.3 is 0 Å². The second-order valence-corrected chi connectivity index (χ2v) is 5.10. The molecule has 1 nitrogen and oxygen atoms in total. The zero-order valence-corrected chi connectivity index (χ0v) is 8.57. The molecule has 0 aromatic carbocycles. The van der Waals surface area contributed by atoms with E-state index in [2.05, 4.69) is 0 Å². The minimum Gasteiger partial charge on any atom is -0.325 e. The molecule has 0 aromatic rings. The highest BCUT2D eigenvalue weighted by Crippen LogP contribution is 2.44. The van der Waals surface area contributed by atoms with Crippen molar-refractivity contribution in [1.29, 1.82) is 0 Å². The number of hydrogen-bond acceptors (Lipinski definition) is 1. The second kappa shape index (κ2) is 3.44. The third kappa shape index (κ3) is 2.25. The smallest absolute Gasteiger partial charge is 0.250 e. The summed E-state index contributed by atoms with van der Waals surface area (Å²) < 4.78 is 26.8. The normalized spacial score (nSPS) is 34.1. The Hall–Kier alpha value is -0.180. The van der Waals surface area contributed by atoms with Gasteiger partial charge < -0.3 is 5.73 Å². The summed E-state index contributed by atoms with van der Waals surface area (Å²) in [6, 6.07) is 0. The number of halogens is 2. The van der Waals surface area contributed by atoms with E-state index in [4.69, 9.17) is 5.73 Å². The summed E-state index contributed by atoms with van der Waals surface area (Å²) in [5.41, 5.74) is 5.85. The van der Waals surface area contributed by atoms with E-state index in [1.165, 1.54) is 0 Å². The Morgan fingerprint density at radius 2 is 1.86 bits per heavy atom. The Labute approximate surface area is 84.0 Å². The first-order valence-electron chi connectivity index (χ1n) is 5.69. The van der Waals surface area contributed by atoms with Crippen molar-refractivity contribution in [3.8, 4) is 0 Å². The predicted molar refractivity (Wildman–Crippen MR) is 52.3 cm³/mol. The Bertz CT molecular complexity index is 211. The molecule has 0 spiro atoms. The molecule has 3 heteroatoms. The van der Waals surface area contributed by atoms with E-state index < -0.39 is 11.8 Å². The third-order valence-corrected chi connectivity index (χ3v) is 3.79. The Balaban J connectivity index is 1.82. The fourth-order valence-electron chi connectivity index (χ4n) is 2.39. The van der Waals surface area contributed by atoms with Crippen molar-refractivity contribution in [2.45, 2.75) is 62.8 Å². The van der Waals surface area contributed by atoms with E-state index in [0.29, 0.717) is 19.3 Å². The molecule has 0 aliphatic heterocycles. The summed E-state index contributed by atoms with van der Waals surface area (Å²) in [6.45, 7) is 0. The lowest BCUT2D eigenvalue weighted by atomic mass is 9.81. The molecule has 2 saturated carbocycles. The highest BCUT2D eigenvalue weighted by molar-refractivity contribution is 4.99. The van der Waals surface area contributed by atoms with Crippen molar-refractivity contribution in [2.24, 2.45) is 11.7 Å². The van der Waals surface area contributed by atoms with Gasteiger partial charge in [0.25, 0.3) is 5.92 Å². The molecule has 0 amide bonds. The minimum absolute atomic E-state index is 0.0620. The molecule has 0 aromatic heterocycles. The van der Waals surface area contributed by atoms with Crippen LogP contribution in [0, 0.1) is 5.92 Å². The molecular weight excluding hydrogens is 184 g/mol. The van der Waals surface area contributed by atoms with Crippen LogP contribution in [0.4, 0.5) is 8.78 Å². The van der Waals surface area contributed by atoms with E-state index in [1.807, 2.05) is 0 Å². The molecule has 1 unspecified atom stereocenters. The molecule has 82 valence electrons. The van der Waals surface area contributed by atoms with Crippen LogP contribution in [0.3, 0.4) is 0 Å². The van der Waals surface area contributed by atoms with Gasteiger partial charge in [-0.15, -0.1) is 0 Å². The summed E-state index contributed by atoms with van der Waals surface area (Å²) in [7, 11) is 0. The van der Waals surface area contributed by atoms with Gasteiger partial charge in [-0.1, -0.05) is 6.42 Å². The molecule has 14 heavy (non-hydrogen) atoms. The minimum atomic E-state index is -2.41. The zero-order chi connectivity index (χ0) is 10.2. The third-order valence-electron chi connectivity index (χ3n) is 3.79. The van der Waals surface area contributed by atoms with Crippen LogP contribution in [0.5, 0.6) is 0 Å². The van der Waals surface area contributed by atoms with E-state index >= 15 is 0 Å². The summed E-state index contributed by atoms with van der Waals surface area (Å²) in [5, 5.41) is 0. The van der Waals surface area contributed by atoms with Crippen molar-refractivity contribution in [3.05, 3.63) is 0 Å². The van der Waals surface area contributed by atoms with Gasteiger partial charge in [0.1, 0.15) is 0 Å². The highest BCUT2D eigenvalue weighted by Gasteiger charge is 2.44. The van der Waals surface area contributed by atoms with E-state index in [9.17, 15) is 8.78 Å². The molecular formula is C11H19F2N. The first kappa shape index (κ1) is 10.3. The molecule has 2 aliphatic rings. The summed E-state index contributed by atoms with van der Waals surface area (Å²) >= 11 is 0. The molecule has 2 aliphatic carbocycles. The van der Waals surface area contributed by atoms with Crippen LogP contribution in [0.25, 0.3) is 0 Å². The fraction of sp³-hybridized carbons (Fsp3) is 1.00. The van der Waals surface area contributed by atoms with Crippen molar-refractivity contribution in [2.75, 3.05) is 0 Å². The average Bonchev–Trinajstić information content (AvgIpc) is 2.82. The van der Waals surface area contributed by atoms with Gasteiger partial charge in [0.2, 0.25) is 0 Å². The quantitative estimate of drug-likeness (QED) is 0.749. The summed E-state index contributed by atoms with van der Waals surface area (Å²) in [6.07, 6.45) is 5.95. The molecule has 2 fully saturated rings. The Morgan fingerprint density at radius 1 is 1.14 bits per heavy atom. The van der Waals surface area contributed by atoms with Crippen molar-refractivity contribution >= 4 is 0 Å². The van der Waals surface area contributed by atoms with Crippen LogP contribution < -0.4 is 5.73 Å². The van der Waals surface area contributed by atoms with Crippen molar-refractivity contribution in [3.63, 3.8) is 0 Å². The maximum Gasteiger partial charge on any atom is 0.250 e. The van der Waals surface area contributed by atoms with Gasteiger partial charge in [0, 0.05) is 17.9 Å². The first-order valence-corrected chi connectivity index (χ1v) is 5.69. The van der Waals surface area contributed by atoms with E-state index in [0.717, 1.165) is 25.7 Å². The number of rotatable bonds is 3. The number of nitrogens with two attached hydrogens (primary N) is 1. The Kier molecular flexibility index (Phi) is 2.54. The molecule has 0 heterocycles. The lowest BCUT2D eigenvalue weighted by molar-refractivity contribution is -0.0891. The van der Waals surface area contributed by atoms with Crippen LogP contribution in [-0.2, 0) is 0 Å². The van der Waals surface area contributed by atoms with Crippen LogP contribution in [0.2, 0.25) is 0 Å². The summed E-state index contributed by atoms with van der Waals surface area (Å²) in [4.78, 5) is 0. The van der Waals surface area contributed by atoms with E-state index in [1.54, 1.807) is 0 Å². The maximum atomic E-state index is 13.4. The SMILES string of the molecule is NC1(CCC2CCCCC2(F)F)CC1. The maximum absolute atomic E-state index is 13.4. The lowest BCUT2D eigenvalue weighted by Crippen LogP contribution is -2.33. The largest absolute Gasteiger partial charge is 0.325 e. The number of alkyl halides is 2.